The van der Waals surface area contributed by atoms with E-state index in [1.807, 2.05) is 11.3 Å². The zero-order valence-corrected chi connectivity index (χ0v) is 12.4. The average Bonchev–Trinajstić information content (AvgIpc) is 2.71. The monoisotopic (exact) mass is 254 g/mol. The Morgan fingerprint density at radius 2 is 2.18 bits per heavy atom. The number of rotatable bonds is 7. The molecule has 0 bridgehead atoms. The lowest BCUT2D eigenvalue weighted by Gasteiger charge is -2.26. The van der Waals surface area contributed by atoms with Crippen LogP contribution in [0.1, 0.15) is 37.6 Å². The number of hydrogen-bond acceptors (Lipinski definition) is 3. The summed E-state index contributed by atoms with van der Waals surface area (Å²) in [5, 5.41) is 5.75. The van der Waals surface area contributed by atoms with Crippen molar-refractivity contribution in [1.29, 1.82) is 0 Å². The first kappa shape index (κ1) is 14.7. The first-order valence-electron chi connectivity index (χ1n) is 6.46. The van der Waals surface area contributed by atoms with E-state index < -0.39 is 0 Å². The van der Waals surface area contributed by atoms with Crippen LogP contribution in [-0.4, -0.2) is 19.6 Å². The summed E-state index contributed by atoms with van der Waals surface area (Å²) in [6.07, 6.45) is 1.15. The number of nitrogens with one attached hydrogen (secondary N) is 1. The molecule has 0 spiro atoms. The number of hydrogen-bond donors (Lipinski definition) is 2. The predicted molar refractivity (Wildman–Crippen MR) is 77.8 cm³/mol. The lowest BCUT2D eigenvalue weighted by molar-refractivity contribution is 0.417. The highest BCUT2D eigenvalue weighted by molar-refractivity contribution is 7.10. The minimum atomic E-state index is 0.213. The van der Waals surface area contributed by atoms with E-state index >= 15 is 0 Å². The van der Waals surface area contributed by atoms with Crippen molar-refractivity contribution in [3.8, 4) is 0 Å². The molecule has 1 heterocycles. The van der Waals surface area contributed by atoms with Gasteiger partial charge in [-0.25, -0.2) is 0 Å². The van der Waals surface area contributed by atoms with E-state index in [1.54, 1.807) is 0 Å². The summed E-state index contributed by atoms with van der Waals surface area (Å²) >= 11 is 1.86. The lowest BCUT2D eigenvalue weighted by Crippen LogP contribution is -2.37. The van der Waals surface area contributed by atoms with Crippen molar-refractivity contribution in [3.63, 3.8) is 0 Å². The fourth-order valence-corrected chi connectivity index (χ4v) is 3.18. The molecule has 2 nitrogen and oxygen atoms in total. The summed E-state index contributed by atoms with van der Waals surface area (Å²) in [6, 6.07) is 2.20. The topological polar surface area (TPSA) is 38.0 Å². The second-order valence-electron chi connectivity index (χ2n) is 5.46. The van der Waals surface area contributed by atoms with Crippen LogP contribution < -0.4 is 11.1 Å². The smallest absolute Gasteiger partial charge is 0.0143 e. The second kappa shape index (κ2) is 6.53. The third kappa shape index (κ3) is 4.09. The summed E-state index contributed by atoms with van der Waals surface area (Å²) < 4.78 is 0. The summed E-state index contributed by atoms with van der Waals surface area (Å²) in [6.45, 7) is 11.8. The second-order valence-corrected chi connectivity index (χ2v) is 6.37. The third-order valence-electron chi connectivity index (χ3n) is 3.39. The van der Waals surface area contributed by atoms with Crippen molar-refractivity contribution in [2.24, 2.45) is 11.7 Å². The van der Waals surface area contributed by atoms with Crippen LogP contribution in [0.3, 0.4) is 0 Å². The van der Waals surface area contributed by atoms with Gasteiger partial charge < -0.3 is 11.1 Å². The SMILES string of the molecule is CCC(CN)CNCC(C)(C)c1sccc1C. The van der Waals surface area contributed by atoms with Gasteiger partial charge in [0.25, 0.3) is 0 Å². The first-order chi connectivity index (χ1) is 8.01. The van der Waals surface area contributed by atoms with Crippen LogP contribution in [0.15, 0.2) is 11.4 Å². The molecule has 0 saturated carbocycles. The van der Waals surface area contributed by atoms with Crippen molar-refractivity contribution in [3.05, 3.63) is 21.9 Å². The van der Waals surface area contributed by atoms with Gasteiger partial charge in [-0.15, -0.1) is 11.3 Å². The largest absolute Gasteiger partial charge is 0.330 e. The highest BCUT2D eigenvalue weighted by atomic mass is 32.1. The average molecular weight is 254 g/mol. The Bertz CT molecular complexity index is 327. The Labute approximate surface area is 110 Å². The molecule has 0 aliphatic rings. The molecule has 17 heavy (non-hydrogen) atoms. The molecule has 0 aliphatic carbocycles. The molecular weight excluding hydrogens is 228 g/mol. The van der Waals surface area contributed by atoms with Crippen LogP contribution in [0.25, 0.3) is 0 Å². The fourth-order valence-electron chi connectivity index (χ4n) is 2.13. The van der Waals surface area contributed by atoms with Crippen molar-refractivity contribution >= 4 is 11.3 Å². The zero-order chi connectivity index (χ0) is 12.9. The molecule has 1 rings (SSSR count). The predicted octanol–water partition coefficient (Wildman–Crippen LogP) is 2.91. The molecular formula is C14H26N2S. The van der Waals surface area contributed by atoms with Gasteiger partial charge in [0, 0.05) is 16.8 Å². The van der Waals surface area contributed by atoms with Crippen molar-refractivity contribution in [2.75, 3.05) is 19.6 Å². The van der Waals surface area contributed by atoms with Crippen LogP contribution in [0.5, 0.6) is 0 Å². The van der Waals surface area contributed by atoms with E-state index in [0.29, 0.717) is 5.92 Å². The molecule has 0 radical (unpaired) electrons. The van der Waals surface area contributed by atoms with E-state index in [1.165, 1.54) is 10.4 Å². The molecule has 1 aromatic rings. The van der Waals surface area contributed by atoms with Crippen molar-refractivity contribution in [2.45, 2.75) is 39.5 Å². The van der Waals surface area contributed by atoms with Crippen LogP contribution in [0, 0.1) is 12.8 Å². The highest BCUT2D eigenvalue weighted by Crippen LogP contribution is 2.30. The van der Waals surface area contributed by atoms with Crippen molar-refractivity contribution in [1.82, 2.24) is 5.32 Å². The number of thiophene rings is 1. The minimum Gasteiger partial charge on any atom is -0.330 e. The number of nitrogens with two attached hydrogens (primary N) is 1. The van der Waals surface area contributed by atoms with Gasteiger partial charge in [-0.1, -0.05) is 27.2 Å². The van der Waals surface area contributed by atoms with E-state index in [0.717, 1.165) is 26.1 Å². The van der Waals surface area contributed by atoms with Gasteiger partial charge in [-0.3, -0.25) is 0 Å². The Hall–Kier alpha value is -0.380. The van der Waals surface area contributed by atoms with Gasteiger partial charge in [0.05, 0.1) is 0 Å². The maximum Gasteiger partial charge on any atom is 0.0143 e. The van der Waals surface area contributed by atoms with Crippen LogP contribution in [-0.2, 0) is 5.41 Å². The summed E-state index contributed by atoms with van der Waals surface area (Å²) in [7, 11) is 0. The Morgan fingerprint density at radius 3 is 2.65 bits per heavy atom. The van der Waals surface area contributed by atoms with E-state index in [9.17, 15) is 0 Å². The van der Waals surface area contributed by atoms with Gasteiger partial charge in [0.15, 0.2) is 0 Å². The molecule has 0 aliphatic heterocycles. The van der Waals surface area contributed by atoms with Crippen LogP contribution in [0.2, 0.25) is 0 Å². The fraction of sp³-hybridized carbons (Fsp3) is 0.714. The summed E-state index contributed by atoms with van der Waals surface area (Å²) in [5.74, 6) is 0.607. The summed E-state index contributed by atoms with van der Waals surface area (Å²) in [4.78, 5) is 1.49. The molecule has 0 amide bonds. The molecule has 1 aromatic heterocycles. The van der Waals surface area contributed by atoms with Crippen molar-refractivity contribution < 1.29 is 0 Å². The minimum absolute atomic E-state index is 0.213. The molecule has 98 valence electrons. The van der Waals surface area contributed by atoms with Gasteiger partial charge in [0.1, 0.15) is 0 Å². The Morgan fingerprint density at radius 1 is 1.47 bits per heavy atom. The van der Waals surface area contributed by atoms with Gasteiger partial charge in [-0.05, 0) is 42.9 Å². The van der Waals surface area contributed by atoms with E-state index in [4.69, 9.17) is 5.73 Å². The maximum absolute atomic E-state index is 5.71. The summed E-state index contributed by atoms with van der Waals surface area (Å²) in [5.41, 5.74) is 7.34. The Kier molecular flexibility index (Phi) is 5.63. The molecule has 1 atom stereocenters. The number of aryl methyl sites for hydroxylation is 1. The lowest BCUT2D eigenvalue weighted by atomic mass is 9.89. The van der Waals surface area contributed by atoms with Gasteiger partial charge >= 0.3 is 0 Å². The van der Waals surface area contributed by atoms with E-state index in [2.05, 4.69) is 44.5 Å². The first-order valence-corrected chi connectivity index (χ1v) is 7.34. The Balaban J connectivity index is 2.48. The van der Waals surface area contributed by atoms with Gasteiger partial charge in [0.2, 0.25) is 0 Å². The van der Waals surface area contributed by atoms with Gasteiger partial charge in [-0.2, -0.15) is 0 Å². The molecule has 0 aromatic carbocycles. The molecule has 1 unspecified atom stereocenters. The molecule has 3 N–H and O–H groups in total. The zero-order valence-electron chi connectivity index (χ0n) is 11.5. The van der Waals surface area contributed by atoms with Crippen LogP contribution >= 0.6 is 11.3 Å². The van der Waals surface area contributed by atoms with Crippen LogP contribution in [0.4, 0.5) is 0 Å². The standard InChI is InChI=1S/C14H26N2S/c1-5-12(8-15)9-16-10-14(3,4)13-11(2)6-7-17-13/h6-7,12,16H,5,8-10,15H2,1-4H3. The highest BCUT2D eigenvalue weighted by Gasteiger charge is 2.23. The molecule has 0 fully saturated rings. The normalized spacial score (nSPS) is 13.9. The molecule has 3 heteroatoms. The third-order valence-corrected chi connectivity index (χ3v) is 4.77. The maximum atomic E-state index is 5.71. The quantitative estimate of drug-likeness (QED) is 0.785. The van der Waals surface area contributed by atoms with E-state index in [-0.39, 0.29) is 5.41 Å². The molecule has 0 saturated heterocycles.